The van der Waals surface area contributed by atoms with Crippen LogP contribution in [0.4, 0.5) is 17.1 Å². The lowest BCUT2D eigenvalue weighted by atomic mass is 10.0. The van der Waals surface area contributed by atoms with Crippen molar-refractivity contribution in [3.63, 3.8) is 0 Å². The normalized spacial score (nSPS) is 11.6. The van der Waals surface area contributed by atoms with E-state index in [1.54, 1.807) is 32.2 Å². The molecular weight excluding hydrogens is 568 g/mol. The van der Waals surface area contributed by atoms with Gasteiger partial charge in [0.2, 0.25) is 0 Å². The molecule has 0 aliphatic carbocycles. The second-order valence-electron chi connectivity index (χ2n) is 10.2. The lowest BCUT2D eigenvalue weighted by Crippen LogP contribution is -2.13. The van der Waals surface area contributed by atoms with Crippen molar-refractivity contribution in [3.8, 4) is 0 Å². The van der Waals surface area contributed by atoms with E-state index in [0.717, 1.165) is 33.4 Å². The lowest BCUT2D eigenvalue weighted by molar-refractivity contribution is -0.141. The molecule has 0 atom stereocenters. The van der Waals surface area contributed by atoms with E-state index in [1.807, 2.05) is 95.9 Å². The van der Waals surface area contributed by atoms with Gasteiger partial charge in [-0.2, -0.15) is 0 Å². The van der Waals surface area contributed by atoms with Crippen LogP contribution in [-0.2, 0) is 19.3 Å². The molecule has 45 heavy (non-hydrogen) atoms. The predicted molar refractivity (Wildman–Crippen MR) is 174 cm³/mol. The molecule has 0 saturated heterocycles. The summed E-state index contributed by atoms with van der Waals surface area (Å²) in [5, 5.41) is 9.54. The third kappa shape index (κ3) is 7.00. The SMILES string of the molecule is CC(=O)O/N=C(/C)c1ccc(N(c2ccc(C(=O)c3ccccc3)cc2)c2cnc(/C(C)=N\OC(C)=O)c3ccccc23)cc1. The second kappa shape index (κ2) is 13.6. The fraction of sp³-hybridized carbons (Fsp3) is 0.111. The molecular formula is C36H30N4O5. The van der Waals surface area contributed by atoms with E-state index in [0.29, 0.717) is 28.2 Å². The minimum Gasteiger partial charge on any atom is -0.318 e. The fourth-order valence-electron chi connectivity index (χ4n) is 4.80. The van der Waals surface area contributed by atoms with Crippen LogP contribution in [0.5, 0.6) is 0 Å². The molecule has 0 bridgehead atoms. The molecule has 1 heterocycles. The van der Waals surface area contributed by atoms with Crippen LogP contribution in [0, 0.1) is 0 Å². The predicted octanol–water partition coefficient (Wildman–Crippen LogP) is 7.51. The Morgan fingerprint density at radius 2 is 1.07 bits per heavy atom. The molecule has 0 fully saturated rings. The Balaban J connectivity index is 1.62. The van der Waals surface area contributed by atoms with Crippen LogP contribution in [0.1, 0.15) is 54.9 Å². The minimum atomic E-state index is -0.521. The smallest absolute Gasteiger partial charge is 0.318 e. The van der Waals surface area contributed by atoms with Gasteiger partial charge in [-0.25, -0.2) is 9.59 Å². The van der Waals surface area contributed by atoms with Crippen molar-refractivity contribution >= 4 is 57.0 Å². The fourth-order valence-corrected chi connectivity index (χ4v) is 4.80. The quantitative estimate of drug-likeness (QED) is 0.0747. The van der Waals surface area contributed by atoms with Gasteiger partial charge in [0.1, 0.15) is 5.71 Å². The highest BCUT2D eigenvalue weighted by Gasteiger charge is 2.20. The van der Waals surface area contributed by atoms with Crippen LogP contribution < -0.4 is 4.90 Å². The maximum atomic E-state index is 13.1. The van der Waals surface area contributed by atoms with Gasteiger partial charge in [0, 0.05) is 47.1 Å². The molecule has 224 valence electrons. The number of hydrogen-bond acceptors (Lipinski definition) is 9. The van der Waals surface area contributed by atoms with E-state index < -0.39 is 11.9 Å². The number of anilines is 3. The average Bonchev–Trinajstić information content (AvgIpc) is 3.07. The molecule has 5 rings (SSSR count). The monoisotopic (exact) mass is 598 g/mol. The highest BCUT2D eigenvalue weighted by molar-refractivity contribution is 6.12. The summed E-state index contributed by atoms with van der Waals surface area (Å²) in [5.74, 6) is -1.09. The summed E-state index contributed by atoms with van der Waals surface area (Å²) in [7, 11) is 0. The van der Waals surface area contributed by atoms with E-state index in [9.17, 15) is 14.4 Å². The maximum Gasteiger partial charge on any atom is 0.331 e. The number of aromatic nitrogens is 1. The second-order valence-corrected chi connectivity index (χ2v) is 10.2. The summed E-state index contributed by atoms with van der Waals surface area (Å²) < 4.78 is 0. The van der Waals surface area contributed by atoms with Gasteiger partial charge in [-0.05, 0) is 55.8 Å². The van der Waals surface area contributed by atoms with Crippen molar-refractivity contribution < 1.29 is 24.1 Å². The maximum absolute atomic E-state index is 13.1. The molecule has 0 saturated carbocycles. The summed E-state index contributed by atoms with van der Waals surface area (Å²) in [5.41, 5.74) is 5.91. The zero-order chi connectivity index (χ0) is 31.9. The Morgan fingerprint density at radius 1 is 0.578 bits per heavy atom. The molecule has 0 aliphatic rings. The molecule has 0 spiro atoms. The van der Waals surface area contributed by atoms with E-state index >= 15 is 0 Å². The number of oxime groups is 2. The lowest BCUT2D eigenvalue weighted by Gasteiger charge is -2.27. The number of benzene rings is 4. The first-order chi connectivity index (χ1) is 21.7. The van der Waals surface area contributed by atoms with Gasteiger partial charge in [0.25, 0.3) is 0 Å². The average molecular weight is 599 g/mol. The molecule has 0 aliphatic heterocycles. The number of hydrogen-bond donors (Lipinski definition) is 0. The topological polar surface area (TPSA) is 111 Å². The molecule has 1 aromatic heterocycles. The van der Waals surface area contributed by atoms with Crippen LogP contribution in [0.15, 0.2) is 120 Å². The molecule has 0 N–H and O–H groups in total. The van der Waals surface area contributed by atoms with Crippen molar-refractivity contribution in [3.05, 3.63) is 132 Å². The summed E-state index contributed by atoms with van der Waals surface area (Å²) in [6.45, 7) is 6.07. The van der Waals surface area contributed by atoms with Gasteiger partial charge in [-0.15, -0.1) is 0 Å². The third-order valence-electron chi connectivity index (χ3n) is 6.95. The molecule has 9 heteroatoms. The largest absolute Gasteiger partial charge is 0.331 e. The van der Waals surface area contributed by atoms with E-state index in [2.05, 4.69) is 10.3 Å². The number of carbonyl (C=O) groups is 3. The van der Waals surface area contributed by atoms with Gasteiger partial charge >= 0.3 is 11.9 Å². The highest BCUT2D eigenvalue weighted by Crippen LogP contribution is 2.39. The molecule has 0 unspecified atom stereocenters. The zero-order valence-electron chi connectivity index (χ0n) is 25.2. The first-order valence-corrected chi connectivity index (χ1v) is 14.2. The summed E-state index contributed by atoms with van der Waals surface area (Å²) in [6.07, 6.45) is 1.74. The number of rotatable bonds is 9. The number of ketones is 1. The molecule has 5 aromatic rings. The summed E-state index contributed by atoms with van der Waals surface area (Å²) in [4.78, 5) is 52.2. The van der Waals surface area contributed by atoms with Crippen LogP contribution in [0.2, 0.25) is 0 Å². The van der Waals surface area contributed by atoms with Gasteiger partial charge in [-0.1, -0.05) is 77.0 Å². The Labute approximate surface area is 260 Å². The number of pyridine rings is 1. The van der Waals surface area contributed by atoms with E-state index in [1.165, 1.54) is 13.8 Å². The van der Waals surface area contributed by atoms with Gasteiger partial charge in [0.15, 0.2) is 5.78 Å². The number of fused-ring (bicyclic) bond motifs is 1. The Hall–Kier alpha value is -5.96. The van der Waals surface area contributed by atoms with Crippen molar-refractivity contribution in [2.45, 2.75) is 27.7 Å². The molecule has 0 radical (unpaired) electrons. The minimum absolute atomic E-state index is 0.0698. The number of carbonyl (C=O) groups excluding carboxylic acids is 3. The van der Waals surface area contributed by atoms with Gasteiger partial charge < -0.3 is 14.6 Å². The van der Waals surface area contributed by atoms with Crippen LogP contribution in [0.25, 0.3) is 10.8 Å². The van der Waals surface area contributed by atoms with E-state index in [4.69, 9.17) is 14.7 Å². The molecule has 4 aromatic carbocycles. The molecule has 9 nitrogen and oxygen atoms in total. The third-order valence-corrected chi connectivity index (χ3v) is 6.95. The van der Waals surface area contributed by atoms with E-state index in [-0.39, 0.29) is 5.78 Å². The van der Waals surface area contributed by atoms with Gasteiger partial charge in [0.05, 0.1) is 23.3 Å². The number of nitrogens with zero attached hydrogens (tertiary/aromatic N) is 4. The highest BCUT2D eigenvalue weighted by atomic mass is 16.7. The zero-order valence-corrected chi connectivity index (χ0v) is 25.2. The standard InChI is InChI=1S/C36H30N4O5/c1-23(38-44-25(3)41)27-14-18-30(19-15-27)40(31-20-16-29(17-21-31)36(43)28-10-6-5-7-11-28)34-22-37-35(24(2)39-45-26(4)42)33-13-9-8-12-32(33)34/h5-22H,1-4H3/b38-23-,39-24-. The van der Waals surface area contributed by atoms with Crippen molar-refractivity contribution in [2.24, 2.45) is 10.3 Å². The molecule has 0 amide bonds. The van der Waals surface area contributed by atoms with Crippen LogP contribution in [0.3, 0.4) is 0 Å². The van der Waals surface area contributed by atoms with Crippen molar-refractivity contribution in [1.29, 1.82) is 0 Å². The summed E-state index contributed by atoms with van der Waals surface area (Å²) in [6, 6.07) is 32.0. The van der Waals surface area contributed by atoms with Crippen LogP contribution in [-0.4, -0.2) is 34.1 Å². The Bertz CT molecular complexity index is 1930. The Kier molecular flexibility index (Phi) is 9.19. The van der Waals surface area contributed by atoms with Crippen molar-refractivity contribution in [1.82, 2.24) is 4.98 Å². The van der Waals surface area contributed by atoms with Crippen LogP contribution >= 0.6 is 0 Å². The Morgan fingerprint density at radius 3 is 1.64 bits per heavy atom. The first kappa shape index (κ1) is 30.5. The van der Waals surface area contributed by atoms with Gasteiger partial charge in [-0.3, -0.25) is 9.78 Å². The van der Waals surface area contributed by atoms with Crippen molar-refractivity contribution in [2.75, 3.05) is 4.90 Å². The summed E-state index contributed by atoms with van der Waals surface area (Å²) >= 11 is 0. The first-order valence-electron chi connectivity index (χ1n) is 14.2.